The van der Waals surface area contributed by atoms with E-state index in [0.29, 0.717) is 5.69 Å². The molecule has 0 spiro atoms. The molecule has 4 rings (SSSR count). The number of carbonyl (C=O) groups is 3. The van der Waals surface area contributed by atoms with E-state index in [0.717, 1.165) is 11.6 Å². The SMILES string of the molecule is O=C(C=Cc1c(-n2cnnn2)ccc(Cl)c1F)NC(Cc1ccccc1)C(=O)Nc1ccc(C(=O)O)cc1. The average Bonchev–Trinajstić information content (AvgIpc) is 3.45. The summed E-state index contributed by atoms with van der Waals surface area (Å²) < 4.78 is 16.0. The summed E-state index contributed by atoms with van der Waals surface area (Å²) in [6, 6.07) is 16.5. The van der Waals surface area contributed by atoms with Gasteiger partial charge in [0.2, 0.25) is 11.8 Å². The van der Waals surface area contributed by atoms with Crippen LogP contribution in [0.4, 0.5) is 10.1 Å². The molecule has 1 atom stereocenters. The number of nitrogens with one attached hydrogen (secondary N) is 2. The number of aromatic nitrogens is 4. The van der Waals surface area contributed by atoms with E-state index >= 15 is 0 Å². The van der Waals surface area contributed by atoms with E-state index in [1.54, 1.807) is 12.1 Å². The first-order chi connectivity index (χ1) is 18.3. The maximum atomic E-state index is 14.8. The lowest BCUT2D eigenvalue weighted by molar-refractivity contribution is -0.123. The van der Waals surface area contributed by atoms with Crippen LogP contribution >= 0.6 is 11.6 Å². The summed E-state index contributed by atoms with van der Waals surface area (Å²) in [5, 5.41) is 25.0. The molecule has 0 saturated heterocycles. The molecular weight excluding hydrogens is 515 g/mol. The fraction of sp³-hybridized carbons (Fsp3) is 0.0769. The molecular formula is C26H20ClFN6O4. The number of hydrogen-bond acceptors (Lipinski definition) is 6. The summed E-state index contributed by atoms with van der Waals surface area (Å²) in [5.74, 6) is -3.05. The first-order valence-corrected chi connectivity index (χ1v) is 11.6. The third-order valence-corrected chi connectivity index (χ3v) is 5.71. The summed E-state index contributed by atoms with van der Waals surface area (Å²) in [6.07, 6.45) is 3.73. The number of anilines is 1. The van der Waals surface area contributed by atoms with E-state index in [9.17, 15) is 18.8 Å². The number of nitrogens with zero attached hydrogens (tertiary/aromatic N) is 4. The zero-order chi connectivity index (χ0) is 27.1. The molecule has 0 aliphatic carbocycles. The third kappa shape index (κ3) is 6.45. The quantitative estimate of drug-likeness (QED) is 0.279. The van der Waals surface area contributed by atoms with E-state index in [2.05, 4.69) is 26.2 Å². The molecule has 0 aliphatic heterocycles. The predicted molar refractivity (Wildman–Crippen MR) is 137 cm³/mol. The highest BCUT2D eigenvalue weighted by molar-refractivity contribution is 6.31. The molecule has 0 bridgehead atoms. The first kappa shape index (κ1) is 26.2. The van der Waals surface area contributed by atoms with Gasteiger partial charge in [-0.1, -0.05) is 41.9 Å². The van der Waals surface area contributed by atoms with Gasteiger partial charge in [-0.3, -0.25) is 9.59 Å². The van der Waals surface area contributed by atoms with Crippen LogP contribution in [0, 0.1) is 5.82 Å². The van der Waals surface area contributed by atoms with Crippen molar-refractivity contribution in [2.45, 2.75) is 12.5 Å². The molecule has 38 heavy (non-hydrogen) atoms. The highest BCUT2D eigenvalue weighted by Crippen LogP contribution is 2.25. The molecule has 12 heteroatoms. The summed E-state index contributed by atoms with van der Waals surface area (Å²) in [5.41, 5.74) is 1.44. The fourth-order valence-corrected chi connectivity index (χ4v) is 3.71. The Balaban J connectivity index is 1.54. The molecule has 0 fully saturated rings. The second kappa shape index (κ2) is 11.9. The number of benzene rings is 3. The van der Waals surface area contributed by atoms with Crippen molar-refractivity contribution in [2.75, 3.05) is 5.32 Å². The topological polar surface area (TPSA) is 139 Å². The molecule has 1 heterocycles. The molecule has 192 valence electrons. The van der Waals surface area contributed by atoms with Gasteiger partial charge in [0, 0.05) is 23.7 Å². The van der Waals surface area contributed by atoms with Crippen LogP contribution in [0.15, 0.2) is 79.1 Å². The van der Waals surface area contributed by atoms with E-state index in [4.69, 9.17) is 16.7 Å². The smallest absolute Gasteiger partial charge is 0.335 e. The molecule has 1 aromatic heterocycles. The number of halogens is 2. The van der Waals surface area contributed by atoms with Gasteiger partial charge in [-0.2, -0.15) is 4.68 Å². The van der Waals surface area contributed by atoms with Crippen molar-refractivity contribution < 1.29 is 23.9 Å². The number of carboxylic acids is 1. The summed E-state index contributed by atoms with van der Waals surface area (Å²) in [7, 11) is 0. The Kier molecular flexibility index (Phi) is 8.19. The van der Waals surface area contributed by atoms with Crippen LogP contribution in [0.3, 0.4) is 0 Å². The lowest BCUT2D eigenvalue weighted by atomic mass is 10.0. The van der Waals surface area contributed by atoms with Gasteiger partial charge in [0.05, 0.1) is 16.3 Å². The molecule has 4 aromatic rings. The van der Waals surface area contributed by atoms with Gasteiger partial charge in [0.15, 0.2) is 5.82 Å². The van der Waals surface area contributed by atoms with Crippen LogP contribution in [0.5, 0.6) is 0 Å². The minimum Gasteiger partial charge on any atom is -0.478 e. The van der Waals surface area contributed by atoms with E-state index < -0.39 is 29.6 Å². The Labute approximate surface area is 220 Å². The number of aromatic carboxylic acids is 1. The summed E-state index contributed by atoms with van der Waals surface area (Å²) in [6.45, 7) is 0. The Morgan fingerprint density at radius 2 is 1.79 bits per heavy atom. The fourth-order valence-electron chi connectivity index (χ4n) is 3.55. The number of rotatable bonds is 9. The molecule has 0 aliphatic rings. The Morgan fingerprint density at radius 3 is 2.45 bits per heavy atom. The molecule has 10 nitrogen and oxygen atoms in total. The Hall–Kier alpha value is -4.90. The van der Waals surface area contributed by atoms with Gasteiger partial charge in [0.1, 0.15) is 12.4 Å². The van der Waals surface area contributed by atoms with Gasteiger partial charge in [-0.05, 0) is 58.5 Å². The van der Waals surface area contributed by atoms with Gasteiger partial charge >= 0.3 is 5.97 Å². The minimum atomic E-state index is -1.09. The van der Waals surface area contributed by atoms with Crippen LogP contribution in [0.2, 0.25) is 5.02 Å². The van der Waals surface area contributed by atoms with Crippen molar-refractivity contribution in [1.29, 1.82) is 0 Å². The Morgan fingerprint density at radius 1 is 1.05 bits per heavy atom. The first-order valence-electron chi connectivity index (χ1n) is 11.2. The molecule has 0 saturated carbocycles. The monoisotopic (exact) mass is 534 g/mol. The third-order valence-electron chi connectivity index (χ3n) is 5.42. The average molecular weight is 535 g/mol. The van der Waals surface area contributed by atoms with Gasteiger partial charge in [0.25, 0.3) is 0 Å². The van der Waals surface area contributed by atoms with Crippen LogP contribution in [-0.4, -0.2) is 49.1 Å². The number of amides is 2. The van der Waals surface area contributed by atoms with E-state index in [1.807, 2.05) is 18.2 Å². The summed E-state index contributed by atoms with van der Waals surface area (Å²) >= 11 is 5.93. The van der Waals surface area contributed by atoms with Crippen molar-refractivity contribution >= 4 is 41.1 Å². The van der Waals surface area contributed by atoms with Crippen molar-refractivity contribution in [3.63, 3.8) is 0 Å². The zero-order valence-electron chi connectivity index (χ0n) is 19.6. The normalized spacial score (nSPS) is 11.7. The molecule has 3 N–H and O–H groups in total. The second-order valence-corrected chi connectivity index (χ2v) is 8.41. The van der Waals surface area contributed by atoms with Crippen molar-refractivity contribution in [3.8, 4) is 5.69 Å². The molecule has 0 radical (unpaired) electrons. The highest BCUT2D eigenvalue weighted by Gasteiger charge is 2.21. The van der Waals surface area contributed by atoms with Crippen LogP contribution in [-0.2, 0) is 16.0 Å². The van der Waals surface area contributed by atoms with Gasteiger partial charge in [-0.15, -0.1) is 5.10 Å². The second-order valence-electron chi connectivity index (χ2n) is 8.00. The lowest BCUT2D eigenvalue weighted by Crippen LogP contribution is -2.44. The van der Waals surface area contributed by atoms with Crippen molar-refractivity contribution in [2.24, 2.45) is 0 Å². The van der Waals surface area contributed by atoms with Crippen LogP contribution in [0.1, 0.15) is 21.5 Å². The minimum absolute atomic E-state index is 0.0254. The highest BCUT2D eigenvalue weighted by atomic mass is 35.5. The summed E-state index contributed by atoms with van der Waals surface area (Å²) in [4.78, 5) is 37.0. The zero-order valence-corrected chi connectivity index (χ0v) is 20.3. The molecule has 2 amide bonds. The van der Waals surface area contributed by atoms with Crippen molar-refractivity contribution in [1.82, 2.24) is 25.5 Å². The largest absolute Gasteiger partial charge is 0.478 e. The maximum Gasteiger partial charge on any atom is 0.335 e. The van der Waals surface area contributed by atoms with Crippen LogP contribution < -0.4 is 10.6 Å². The van der Waals surface area contributed by atoms with Gasteiger partial charge in [-0.25, -0.2) is 9.18 Å². The van der Waals surface area contributed by atoms with Crippen LogP contribution in [0.25, 0.3) is 11.8 Å². The number of tetrazole rings is 1. The lowest BCUT2D eigenvalue weighted by Gasteiger charge is -2.18. The number of carboxylic acid groups (broad SMARTS) is 1. The standard InChI is InChI=1S/C26H20ClFN6O4/c27-20-11-12-22(34-15-29-32-33-34)19(24(20)28)10-13-23(35)31-21(14-16-4-2-1-3-5-16)25(36)30-18-8-6-17(7-9-18)26(37)38/h1-13,15,21H,14H2,(H,30,36)(H,31,35)(H,37,38). The van der Waals surface area contributed by atoms with Gasteiger partial charge < -0.3 is 15.7 Å². The van der Waals surface area contributed by atoms with E-state index in [-0.39, 0.29) is 28.3 Å². The van der Waals surface area contributed by atoms with Crippen molar-refractivity contribution in [3.05, 3.63) is 107 Å². The Bertz CT molecular complexity index is 1480. The molecule has 1 unspecified atom stereocenters. The molecule has 3 aromatic carbocycles. The predicted octanol–water partition coefficient (Wildman–Crippen LogP) is 3.53. The number of hydrogen-bond donors (Lipinski definition) is 3. The maximum absolute atomic E-state index is 14.8. The van der Waals surface area contributed by atoms with E-state index in [1.165, 1.54) is 53.5 Å². The number of carbonyl (C=O) groups excluding carboxylic acids is 2.